The van der Waals surface area contributed by atoms with Crippen LogP contribution in [0.2, 0.25) is 0 Å². The minimum atomic E-state index is -0.0394. The van der Waals surface area contributed by atoms with Gasteiger partial charge in [0.1, 0.15) is 5.78 Å². The number of carbonyl (C=O) groups is 1. The molecule has 1 unspecified atom stereocenters. The average Bonchev–Trinajstić information content (AvgIpc) is 2.59. The van der Waals surface area contributed by atoms with Crippen molar-refractivity contribution >= 4 is 16.7 Å². The molecule has 0 spiro atoms. The number of rotatable bonds is 2. The van der Waals surface area contributed by atoms with E-state index in [0.29, 0.717) is 0 Å². The molecule has 1 atom stereocenters. The lowest BCUT2D eigenvalue weighted by Crippen LogP contribution is -2.03. The molecule has 2 rings (SSSR count). The Bertz CT molecular complexity index is 437. The third kappa shape index (κ3) is 1.43. The number of hydrogen-bond donors (Lipinski definition) is 1. The van der Waals surface area contributed by atoms with Gasteiger partial charge in [0.25, 0.3) is 0 Å². The van der Waals surface area contributed by atoms with Crippen molar-refractivity contribution in [3.8, 4) is 0 Å². The quantitative estimate of drug-likeness (QED) is 0.770. The van der Waals surface area contributed by atoms with Crippen LogP contribution in [0.25, 0.3) is 10.9 Å². The topological polar surface area (TPSA) is 32.9 Å². The summed E-state index contributed by atoms with van der Waals surface area (Å²) in [5.74, 6) is 0.152. The fraction of sp³-hybridized carbons (Fsp3) is 0.250. The summed E-state index contributed by atoms with van der Waals surface area (Å²) in [5.41, 5.74) is 2.09. The fourth-order valence-electron chi connectivity index (χ4n) is 1.55. The Labute approximate surface area is 82.9 Å². The van der Waals surface area contributed by atoms with Crippen molar-refractivity contribution in [2.24, 2.45) is 0 Å². The normalized spacial score (nSPS) is 13.0. The molecule has 72 valence electrons. The molecule has 0 amide bonds. The number of aromatic nitrogens is 1. The zero-order valence-corrected chi connectivity index (χ0v) is 8.37. The van der Waals surface area contributed by atoms with Crippen LogP contribution in [0.3, 0.4) is 0 Å². The molecular weight excluding hydrogens is 174 g/mol. The highest BCUT2D eigenvalue weighted by Gasteiger charge is 2.12. The van der Waals surface area contributed by atoms with Gasteiger partial charge in [-0.3, -0.25) is 4.79 Å². The van der Waals surface area contributed by atoms with Crippen LogP contribution in [-0.4, -0.2) is 10.8 Å². The Hall–Kier alpha value is -1.57. The summed E-state index contributed by atoms with van der Waals surface area (Å²) >= 11 is 0. The average molecular weight is 187 g/mol. The zero-order chi connectivity index (χ0) is 10.1. The van der Waals surface area contributed by atoms with Crippen molar-refractivity contribution in [1.29, 1.82) is 0 Å². The van der Waals surface area contributed by atoms with Gasteiger partial charge >= 0.3 is 0 Å². The molecule has 1 N–H and O–H groups in total. The molecule has 0 aliphatic heterocycles. The first kappa shape index (κ1) is 9.00. The molecule has 0 radical (unpaired) electrons. The van der Waals surface area contributed by atoms with Crippen LogP contribution in [0, 0.1) is 0 Å². The molecule has 0 saturated heterocycles. The van der Waals surface area contributed by atoms with E-state index in [0.717, 1.165) is 16.6 Å². The summed E-state index contributed by atoms with van der Waals surface area (Å²) in [6.45, 7) is 3.54. The van der Waals surface area contributed by atoms with Gasteiger partial charge in [0.2, 0.25) is 0 Å². The third-order valence-electron chi connectivity index (χ3n) is 2.63. The highest BCUT2D eigenvalue weighted by atomic mass is 16.1. The van der Waals surface area contributed by atoms with Crippen LogP contribution in [0.15, 0.2) is 30.3 Å². The summed E-state index contributed by atoms with van der Waals surface area (Å²) in [4.78, 5) is 14.5. The monoisotopic (exact) mass is 187 g/mol. The van der Waals surface area contributed by atoms with Crippen LogP contribution in [0.4, 0.5) is 0 Å². The summed E-state index contributed by atoms with van der Waals surface area (Å²) in [6.07, 6.45) is 0. The van der Waals surface area contributed by atoms with Crippen molar-refractivity contribution in [2.45, 2.75) is 19.8 Å². The van der Waals surface area contributed by atoms with Gasteiger partial charge in [0, 0.05) is 11.2 Å². The van der Waals surface area contributed by atoms with Crippen molar-refractivity contribution < 1.29 is 4.79 Å². The lowest BCUT2D eigenvalue weighted by atomic mass is 10.0. The van der Waals surface area contributed by atoms with E-state index < -0.39 is 0 Å². The smallest absolute Gasteiger partial charge is 0.138 e. The number of ketones is 1. The predicted molar refractivity (Wildman–Crippen MR) is 57.4 cm³/mol. The molecule has 14 heavy (non-hydrogen) atoms. The van der Waals surface area contributed by atoms with E-state index in [1.54, 1.807) is 6.92 Å². The van der Waals surface area contributed by atoms with Crippen molar-refractivity contribution in [2.75, 3.05) is 0 Å². The number of para-hydroxylation sites is 1. The molecule has 1 heterocycles. The van der Waals surface area contributed by atoms with Crippen LogP contribution >= 0.6 is 0 Å². The van der Waals surface area contributed by atoms with Crippen LogP contribution < -0.4 is 0 Å². The van der Waals surface area contributed by atoms with Crippen molar-refractivity contribution in [3.05, 3.63) is 36.0 Å². The number of carbonyl (C=O) groups excluding carboxylic acids is 1. The summed E-state index contributed by atoms with van der Waals surface area (Å²) in [7, 11) is 0. The summed E-state index contributed by atoms with van der Waals surface area (Å²) in [6, 6.07) is 10.1. The summed E-state index contributed by atoms with van der Waals surface area (Å²) in [5, 5.41) is 1.16. The second-order valence-corrected chi connectivity index (χ2v) is 3.64. The Morgan fingerprint density at radius 3 is 2.71 bits per heavy atom. The number of Topliss-reactive ketones (excluding diaryl/α,β-unsaturated/α-hetero) is 1. The van der Waals surface area contributed by atoms with Gasteiger partial charge in [0.05, 0.1) is 5.92 Å². The lowest BCUT2D eigenvalue weighted by molar-refractivity contribution is -0.118. The minimum Gasteiger partial charge on any atom is -0.358 e. The number of nitrogens with one attached hydrogen (secondary N) is 1. The first-order chi connectivity index (χ1) is 6.68. The van der Waals surface area contributed by atoms with Gasteiger partial charge in [-0.15, -0.1) is 0 Å². The van der Waals surface area contributed by atoms with E-state index in [1.165, 1.54) is 0 Å². The van der Waals surface area contributed by atoms with Gasteiger partial charge in [-0.2, -0.15) is 0 Å². The Morgan fingerprint density at radius 2 is 2.07 bits per heavy atom. The number of H-pyrrole nitrogens is 1. The number of fused-ring (bicyclic) bond motifs is 1. The van der Waals surface area contributed by atoms with Gasteiger partial charge in [-0.05, 0) is 31.4 Å². The molecule has 0 aliphatic carbocycles. The molecule has 1 aromatic carbocycles. The molecule has 0 fully saturated rings. The molecule has 2 aromatic rings. The van der Waals surface area contributed by atoms with E-state index in [2.05, 4.69) is 4.98 Å². The standard InChI is InChI=1S/C12H13NO/c1-8(9(2)14)12-7-10-5-3-4-6-11(10)13-12/h3-8,13H,1-2H3. The van der Waals surface area contributed by atoms with E-state index >= 15 is 0 Å². The molecule has 2 heteroatoms. The second-order valence-electron chi connectivity index (χ2n) is 3.64. The van der Waals surface area contributed by atoms with Gasteiger partial charge in [-0.1, -0.05) is 18.2 Å². The molecule has 0 bridgehead atoms. The summed E-state index contributed by atoms with van der Waals surface area (Å²) < 4.78 is 0. The molecule has 0 aliphatic rings. The van der Waals surface area contributed by atoms with E-state index in [-0.39, 0.29) is 11.7 Å². The first-order valence-electron chi connectivity index (χ1n) is 4.76. The molecule has 1 aromatic heterocycles. The highest BCUT2D eigenvalue weighted by molar-refractivity contribution is 5.86. The molecule has 2 nitrogen and oxygen atoms in total. The second kappa shape index (κ2) is 3.29. The van der Waals surface area contributed by atoms with Gasteiger partial charge < -0.3 is 4.98 Å². The number of hydrogen-bond acceptors (Lipinski definition) is 1. The maximum absolute atomic E-state index is 11.2. The number of benzene rings is 1. The maximum atomic E-state index is 11.2. The Balaban J connectivity index is 2.50. The van der Waals surface area contributed by atoms with Gasteiger partial charge in [0.15, 0.2) is 0 Å². The van der Waals surface area contributed by atoms with Gasteiger partial charge in [-0.25, -0.2) is 0 Å². The minimum absolute atomic E-state index is 0.0394. The number of aromatic amines is 1. The van der Waals surface area contributed by atoms with Crippen molar-refractivity contribution in [1.82, 2.24) is 4.98 Å². The van der Waals surface area contributed by atoms with Crippen LogP contribution in [-0.2, 0) is 4.79 Å². The Morgan fingerprint density at radius 1 is 1.36 bits per heavy atom. The maximum Gasteiger partial charge on any atom is 0.138 e. The van der Waals surface area contributed by atoms with Crippen LogP contribution in [0.1, 0.15) is 25.5 Å². The fourth-order valence-corrected chi connectivity index (χ4v) is 1.55. The van der Waals surface area contributed by atoms with E-state index in [1.807, 2.05) is 37.3 Å². The zero-order valence-electron chi connectivity index (χ0n) is 8.37. The molecule has 0 saturated carbocycles. The largest absolute Gasteiger partial charge is 0.358 e. The Kier molecular flexibility index (Phi) is 2.12. The third-order valence-corrected chi connectivity index (χ3v) is 2.63. The van der Waals surface area contributed by atoms with E-state index in [4.69, 9.17) is 0 Å². The lowest BCUT2D eigenvalue weighted by Gasteiger charge is -2.02. The SMILES string of the molecule is CC(=O)C(C)c1cc2ccccc2[nH]1. The molecular formula is C12H13NO. The van der Waals surface area contributed by atoms with Crippen LogP contribution in [0.5, 0.6) is 0 Å². The van der Waals surface area contributed by atoms with E-state index in [9.17, 15) is 4.79 Å². The highest BCUT2D eigenvalue weighted by Crippen LogP contribution is 2.21. The predicted octanol–water partition coefficient (Wildman–Crippen LogP) is 2.86. The van der Waals surface area contributed by atoms with Crippen molar-refractivity contribution in [3.63, 3.8) is 0 Å². The first-order valence-corrected chi connectivity index (χ1v) is 4.76.